The predicted molar refractivity (Wildman–Crippen MR) is 188 cm³/mol. The maximum Gasteiger partial charge on any atom is 0.339 e. The third-order valence-electron chi connectivity index (χ3n) is 14.3. The van der Waals surface area contributed by atoms with Crippen LogP contribution in [0.25, 0.3) is 0 Å². The largest absolute Gasteiger partial charge is 0.469 e. The van der Waals surface area contributed by atoms with Gasteiger partial charge >= 0.3 is 29.8 Å². The van der Waals surface area contributed by atoms with Crippen molar-refractivity contribution in [1.29, 1.82) is 0 Å². The van der Waals surface area contributed by atoms with E-state index in [1.807, 2.05) is 0 Å². The number of aliphatic hydroxyl groups excluding tert-OH is 1. The molecule has 0 spiro atoms. The summed E-state index contributed by atoms with van der Waals surface area (Å²) in [6.07, 6.45) is 0.546. The second-order valence-electron chi connectivity index (χ2n) is 17.0. The summed E-state index contributed by atoms with van der Waals surface area (Å²) in [6.45, 7) is 12.8. The molecule has 1 saturated heterocycles. The molecule has 4 aliphatic carbocycles. The number of carbonyl (C=O) groups is 5. The van der Waals surface area contributed by atoms with E-state index >= 15 is 0 Å². The molecule has 5 rings (SSSR count). The Balaban J connectivity index is 1.38. The molecule has 0 bridgehead atoms. The van der Waals surface area contributed by atoms with Gasteiger partial charge in [-0.3, -0.25) is 19.2 Å². The van der Waals surface area contributed by atoms with E-state index in [4.69, 9.17) is 33.2 Å². The Morgan fingerprint density at radius 1 is 0.792 bits per heavy atom. The summed E-state index contributed by atoms with van der Waals surface area (Å²) in [5, 5.41) is 12.4. The molecule has 0 aromatic rings. The molecule has 53 heavy (non-hydrogen) atoms. The lowest BCUT2D eigenvalue weighted by Gasteiger charge is -2.65. The fourth-order valence-electron chi connectivity index (χ4n) is 12.1. The third-order valence-corrected chi connectivity index (χ3v) is 14.3. The molecule has 13 heteroatoms. The minimum absolute atomic E-state index is 0.0345. The lowest BCUT2D eigenvalue weighted by molar-refractivity contribution is -0.317. The number of ether oxygens (including phenoxy) is 7. The normalized spacial score (nSPS) is 42.5. The molecule has 16 atom stereocenters. The molecule has 1 N–H and O–H groups in total. The van der Waals surface area contributed by atoms with E-state index in [0.29, 0.717) is 42.9 Å². The van der Waals surface area contributed by atoms with Crippen molar-refractivity contribution in [2.75, 3.05) is 14.2 Å². The zero-order valence-corrected chi connectivity index (χ0v) is 33.0. The summed E-state index contributed by atoms with van der Waals surface area (Å²) in [5.74, 6) is -1.27. The molecule has 1 heterocycles. The van der Waals surface area contributed by atoms with Crippen molar-refractivity contribution < 1.29 is 62.2 Å². The van der Waals surface area contributed by atoms with E-state index in [-0.39, 0.29) is 34.6 Å². The van der Waals surface area contributed by atoms with E-state index in [2.05, 4.69) is 27.7 Å². The quantitative estimate of drug-likeness (QED) is 0.172. The highest BCUT2D eigenvalue weighted by atomic mass is 16.7. The van der Waals surface area contributed by atoms with Gasteiger partial charge in [-0.05, 0) is 104 Å². The highest BCUT2D eigenvalue weighted by molar-refractivity contribution is 5.77. The Bertz CT molecular complexity index is 1370. The lowest BCUT2D eigenvalue weighted by atomic mass is 9.41. The van der Waals surface area contributed by atoms with Crippen LogP contribution in [0, 0.1) is 52.3 Å². The van der Waals surface area contributed by atoms with Crippen LogP contribution >= 0.6 is 0 Å². The first kappa shape index (κ1) is 41.4. The van der Waals surface area contributed by atoms with Gasteiger partial charge in [0, 0.05) is 27.2 Å². The van der Waals surface area contributed by atoms with Crippen molar-refractivity contribution >= 4 is 29.8 Å². The Hall–Kier alpha value is -2.77. The monoisotopic (exact) mass is 750 g/mol. The summed E-state index contributed by atoms with van der Waals surface area (Å²) >= 11 is 0. The molecule has 1 aliphatic heterocycles. The average molecular weight is 751 g/mol. The first-order valence-electron chi connectivity index (χ1n) is 19.7. The number of hydrogen-bond acceptors (Lipinski definition) is 13. The summed E-state index contributed by atoms with van der Waals surface area (Å²) in [5.41, 5.74) is 0.0560. The fraction of sp³-hybridized carbons (Fsp3) is 0.875. The van der Waals surface area contributed by atoms with Gasteiger partial charge in [0.05, 0.1) is 26.4 Å². The number of carbonyl (C=O) groups excluding carboxylic acids is 5. The second-order valence-corrected chi connectivity index (χ2v) is 17.0. The second kappa shape index (κ2) is 16.5. The van der Waals surface area contributed by atoms with E-state index in [1.54, 1.807) is 0 Å². The molecule has 0 amide bonds. The highest BCUT2D eigenvalue weighted by Crippen LogP contribution is 2.69. The topological polar surface area (TPSA) is 170 Å². The first-order chi connectivity index (χ1) is 25.0. The van der Waals surface area contributed by atoms with Crippen molar-refractivity contribution in [1.82, 2.24) is 0 Å². The SMILES string of the molecule is CC[C@H]1[C@@H](O)C2C3CC[C@H]([C@H](C)CCC(=O)OC)[C@@]3(C)CCC2[C@@]2(C)CC[C@@H](O[C@@H]3O[C@H](C(=O)OC)[C@@H](OC(C)=O)[C@H](OC(C)=O)[C@H]3OC(C)=O)C[C@@H]12. The highest BCUT2D eigenvalue weighted by Gasteiger charge is 2.65. The maximum absolute atomic E-state index is 13.0. The van der Waals surface area contributed by atoms with Crippen molar-refractivity contribution in [3.05, 3.63) is 0 Å². The fourth-order valence-corrected chi connectivity index (χ4v) is 12.1. The van der Waals surface area contributed by atoms with Crippen molar-refractivity contribution in [2.45, 2.75) is 156 Å². The van der Waals surface area contributed by atoms with Crippen LogP contribution < -0.4 is 0 Å². The first-order valence-corrected chi connectivity index (χ1v) is 19.7. The van der Waals surface area contributed by atoms with Crippen molar-refractivity contribution in [3.63, 3.8) is 0 Å². The Morgan fingerprint density at radius 2 is 1.40 bits per heavy atom. The molecule has 0 aromatic carbocycles. The zero-order valence-electron chi connectivity index (χ0n) is 33.0. The summed E-state index contributed by atoms with van der Waals surface area (Å²) in [4.78, 5) is 61.7. The summed E-state index contributed by atoms with van der Waals surface area (Å²) in [6, 6.07) is 0. The molecule has 4 saturated carbocycles. The number of aliphatic hydroxyl groups is 1. The lowest BCUT2D eigenvalue weighted by Crippen LogP contribution is -2.65. The van der Waals surface area contributed by atoms with Crippen LogP contribution in [-0.2, 0) is 57.1 Å². The van der Waals surface area contributed by atoms with Gasteiger partial charge in [-0.25, -0.2) is 4.79 Å². The number of fused-ring (bicyclic) bond motifs is 5. The standard InChI is InChI=1S/C40H62O13/c1-10-25-29-19-24(52-38-36(51-23(5)43)34(50-22(4)42)33(49-21(3)41)35(53-38)37(46)48-9)15-17-40(29,7)28-16-18-39(6)26(20(2)11-14-30(44)47-8)12-13-27(39)31(28)32(25)45/h20,24-29,31-36,38,45H,10-19H2,1-9H3/t20-,24-,25-,26-,27?,28?,29+,31?,32-,33+,34+,35+,36-,38-,39-,40-/m1/s1. The molecule has 5 fully saturated rings. The van der Waals surface area contributed by atoms with E-state index in [0.717, 1.165) is 65.9 Å². The molecule has 0 aromatic heterocycles. The minimum Gasteiger partial charge on any atom is -0.469 e. The molecule has 0 radical (unpaired) electrons. The van der Waals surface area contributed by atoms with Crippen LogP contribution in [0.4, 0.5) is 0 Å². The van der Waals surface area contributed by atoms with Crippen LogP contribution in [0.15, 0.2) is 0 Å². The van der Waals surface area contributed by atoms with Gasteiger partial charge in [-0.2, -0.15) is 0 Å². The number of esters is 5. The molecular formula is C40H62O13. The van der Waals surface area contributed by atoms with Gasteiger partial charge in [-0.1, -0.05) is 34.1 Å². The predicted octanol–water partition coefficient (Wildman–Crippen LogP) is 4.92. The van der Waals surface area contributed by atoms with E-state index in [9.17, 15) is 29.1 Å². The van der Waals surface area contributed by atoms with Crippen LogP contribution in [-0.4, -0.2) is 92.1 Å². The van der Waals surface area contributed by atoms with E-state index < -0.39 is 66.8 Å². The Kier molecular flexibility index (Phi) is 12.9. The molecule has 3 unspecified atom stereocenters. The summed E-state index contributed by atoms with van der Waals surface area (Å²) < 4.78 is 39.2. The van der Waals surface area contributed by atoms with Crippen molar-refractivity contribution in [3.8, 4) is 0 Å². The number of rotatable bonds is 11. The van der Waals surface area contributed by atoms with Crippen LogP contribution in [0.1, 0.15) is 113 Å². The van der Waals surface area contributed by atoms with Crippen LogP contribution in [0.5, 0.6) is 0 Å². The molecule has 13 nitrogen and oxygen atoms in total. The average Bonchev–Trinajstić information content (AvgIpc) is 3.46. The molecule has 5 aliphatic rings. The third kappa shape index (κ3) is 7.99. The Labute approximate surface area is 313 Å². The van der Waals surface area contributed by atoms with Gasteiger partial charge in [0.25, 0.3) is 0 Å². The van der Waals surface area contributed by atoms with Crippen LogP contribution in [0.2, 0.25) is 0 Å². The van der Waals surface area contributed by atoms with Crippen molar-refractivity contribution in [2.24, 2.45) is 52.3 Å². The van der Waals surface area contributed by atoms with Gasteiger partial charge in [-0.15, -0.1) is 0 Å². The van der Waals surface area contributed by atoms with Gasteiger partial charge in [0.2, 0.25) is 0 Å². The van der Waals surface area contributed by atoms with Gasteiger partial charge in [0.1, 0.15) is 0 Å². The zero-order chi connectivity index (χ0) is 39.0. The number of hydrogen-bond donors (Lipinski definition) is 1. The smallest absolute Gasteiger partial charge is 0.339 e. The Morgan fingerprint density at radius 3 is 2.00 bits per heavy atom. The molecule has 300 valence electrons. The summed E-state index contributed by atoms with van der Waals surface area (Å²) in [7, 11) is 2.60. The van der Waals surface area contributed by atoms with Gasteiger partial charge in [0.15, 0.2) is 30.7 Å². The van der Waals surface area contributed by atoms with E-state index in [1.165, 1.54) is 14.0 Å². The van der Waals surface area contributed by atoms with Gasteiger partial charge < -0.3 is 38.3 Å². The van der Waals surface area contributed by atoms with Crippen LogP contribution in [0.3, 0.4) is 0 Å². The maximum atomic E-state index is 13.0. The molecular weight excluding hydrogens is 688 g/mol. The minimum atomic E-state index is -1.52. The number of methoxy groups -OCH3 is 2.